The van der Waals surface area contributed by atoms with Gasteiger partial charge in [-0.05, 0) is 49.9 Å². The average Bonchev–Trinajstić information content (AvgIpc) is 2.52. The van der Waals surface area contributed by atoms with Crippen LogP contribution in [0.5, 0.6) is 5.75 Å². The first-order valence-corrected chi connectivity index (χ1v) is 8.93. The van der Waals surface area contributed by atoms with E-state index in [4.69, 9.17) is 10.5 Å². The lowest BCUT2D eigenvalue weighted by atomic mass is 9.84. The predicted octanol–water partition coefficient (Wildman–Crippen LogP) is 3.78. The van der Waals surface area contributed by atoms with E-state index in [1.54, 1.807) is 12.1 Å². The molecule has 2 N–H and O–H groups in total. The Bertz CT molecular complexity index is 492. The summed E-state index contributed by atoms with van der Waals surface area (Å²) in [6.45, 7) is 9.59. The number of hydrogen-bond acceptors (Lipinski definition) is 3. The molecule has 0 radical (unpaired) electrons. The molecule has 1 saturated heterocycles. The molecule has 0 saturated carbocycles. The second-order valence-electron chi connectivity index (χ2n) is 6.92. The van der Waals surface area contributed by atoms with Crippen molar-refractivity contribution in [1.29, 1.82) is 0 Å². The van der Waals surface area contributed by atoms with Crippen molar-refractivity contribution in [3.63, 3.8) is 0 Å². The Hall–Kier alpha value is -1.13. The van der Waals surface area contributed by atoms with Crippen molar-refractivity contribution in [3.8, 4) is 5.75 Å². The zero-order valence-corrected chi connectivity index (χ0v) is 14.7. The summed E-state index contributed by atoms with van der Waals surface area (Å²) in [5.41, 5.74) is 7.09. The van der Waals surface area contributed by atoms with E-state index in [0.717, 1.165) is 25.1 Å². The summed E-state index contributed by atoms with van der Waals surface area (Å²) in [7, 11) is 0. The normalized spacial score (nSPS) is 20.7. The first-order valence-electron chi connectivity index (χ1n) is 8.93. The van der Waals surface area contributed by atoms with Gasteiger partial charge in [0.25, 0.3) is 0 Å². The number of hydrogen-bond donors (Lipinski definition) is 1. The lowest BCUT2D eigenvalue weighted by Crippen LogP contribution is -2.46. The molecule has 2 unspecified atom stereocenters. The molecule has 3 nitrogen and oxygen atoms in total. The van der Waals surface area contributed by atoms with Gasteiger partial charge in [0, 0.05) is 25.0 Å². The highest BCUT2D eigenvalue weighted by atomic mass is 19.1. The van der Waals surface area contributed by atoms with E-state index in [0.29, 0.717) is 30.9 Å². The summed E-state index contributed by atoms with van der Waals surface area (Å²) >= 11 is 0. The SMILES string of the molecule is CCOc1ccc(C(CN)C2CCCCN2CC(C)C)cc1F. The van der Waals surface area contributed by atoms with E-state index in [1.165, 1.54) is 12.8 Å². The van der Waals surface area contributed by atoms with Crippen molar-refractivity contribution in [1.82, 2.24) is 4.90 Å². The van der Waals surface area contributed by atoms with Gasteiger partial charge in [-0.1, -0.05) is 26.3 Å². The fourth-order valence-electron chi connectivity index (χ4n) is 3.70. The highest BCUT2D eigenvalue weighted by Gasteiger charge is 2.30. The Labute approximate surface area is 140 Å². The van der Waals surface area contributed by atoms with Crippen LogP contribution in [-0.2, 0) is 0 Å². The number of ether oxygens (including phenoxy) is 1. The Kier molecular flexibility index (Phi) is 6.85. The lowest BCUT2D eigenvalue weighted by Gasteiger charge is -2.41. The predicted molar refractivity (Wildman–Crippen MR) is 93.4 cm³/mol. The van der Waals surface area contributed by atoms with E-state index >= 15 is 0 Å². The molecule has 0 aromatic heterocycles. The second kappa shape index (κ2) is 8.65. The molecule has 4 heteroatoms. The van der Waals surface area contributed by atoms with Gasteiger partial charge in [0.2, 0.25) is 0 Å². The van der Waals surface area contributed by atoms with Gasteiger partial charge in [-0.15, -0.1) is 0 Å². The van der Waals surface area contributed by atoms with Crippen LogP contribution in [-0.4, -0.2) is 37.2 Å². The molecular weight excluding hydrogens is 291 g/mol. The van der Waals surface area contributed by atoms with Gasteiger partial charge < -0.3 is 10.5 Å². The number of rotatable bonds is 7. The molecule has 23 heavy (non-hydrogen) atoms. The zero-order chi connectivity index (χ0) is 16.8. The maximum Gasteiger partial charge on any atom is 0.165 e. The Balaban J connectivity index is 2.21. The van der Waals surface area contributed by atoms with Gasteiger partial charge in [0.15, 0.2) is 11.6 Å². The molecule has 1 heterocycles. The van der Waals surface area contributed by atoms with Crippen LogP contribution in [0.4, 0.5) is 4.39 Å². The van der Waals surface area contributed by atoms with E-state index in [-0.39, 0.29) is 11.7 Å². The first kappa shape index (κ1) is 18.2. The standard InChI is InChI=1S/C19H31FN2O/c1-4-23-19-9-8-15(11-17(19)20)16(12-21)18-7-5-6-10-22(18)13-14(2)3/h8-9,11,14,16,18H,4-7,10,12-13,21H2,1-3H3. The lowest BCUT2D eigenvalue weighted by molar-refractivity contribution is 0.112. The Morgan fingerprint density at radius 1 is 1.35 bits per heavy atom. The van der Waals surface area contributed by atoms with Gasteiger partial charge in [-0.2, -0.15) is 0 Å². The second-order valence-corrected chi connectivity index (χ2v) is 6.92. The van der Waals surface area contributed by atoms with E-state index < -0.39 is 0 Å². The number of halogens is 1. The van der Waals surface area contributed by atoms with Crippen LogP contribution in [0.2, 0.25) is 0 Å². The molecular formula is C19H31FN2O. The van der Waals surface area contributed by atoms with Crippen LogP contribution in [0.25, 0.3) is 0 Å². The van der Waals surface area contributed by atoms with E-state index in [1.807, 2.05) is 13.0 Å². The van der Waals surface area contributed by atoms with Crippen LogP contribution in [0.3, 0.4) is 0 Å². The van der Waals surface area contributed by atoms with Gasteiger partial charge in [0.1, 0.15) is 0 Å². The molecule has 1 aromatic rings. The van der Waals surface area contributed by atoms with Gasteiger partial charge in [-0.3, -0.25) is 4.90 Å². The molecule has 1 fully saturated rings. The van der Waals surface area contributed by atoms with Crippen LogP contribution >= 0.6 is 0 Å². The fourth-order valence-corrected chi connectivity index (χ4v) is 3.70. The molecule has 2 atom stereocenters. The molecule has 0 spiro atoms. The number of nitrogens with zero attached hydrogens (tertiary/aromatic N) is 1. The minimum Gasteiger partial charge on any atom is -0.491 e. The Morgan fingerprint density at radius 3 is 2.74 bits per heavy atom. The molecule has 1 aromatic carbocycles. The molecule has 130 valence electrons. The minimum atomic E-state index is -0.283. The van der Waals surface area contributed by atoms with Crippen molar-refractivity contribution in [3.05, 3.63) is 29.6 Å². The largest absolute Gasteiger partial charge is 0.491 e. The van der Waals surface area contributed by atoms with Gasteiger partial charge >= 0.3 is 0 Å². The molecule has 0 bridgehead atoms. The van der Waals surface area contributed by atoms with Crippen LogP contribution < -0.4 is 10.5 Å². The number of piperidine rings is 1. The van der Waals surface area contributed by atoms with E-state index in [9.17, 15) is 4.39 Å². The topological polar surface area (TPSA) is 38.5 Å². The van der Waals surface area contributed by atoms with E-state index in [2.05, 4.69) is 18.7 Å². The van der Waals surface area contributed by atoms with Crippen LogP contribution in [0, 0.1) is 11.7 Å². The average molecular weight is 322 g/mol. The molecule has 0 amide bonds. The smallest absolute Gasteiger partial charge is 0.165 e. The molecule has 1 aliphatic heterocycles. The zero-order valence-electron chi connectivity index (χ0n) is 14.7. The third kappa shape index (κ3) is 4.67. The summed E-state index contributed by atoms with van der Waals surface area (Å²) < 4.78 is 19.5. The molecule has 1 aliphatic rings. The summed E-state index contributed by atoms with van der Waals surface area (Å²) in [5, 5.41) is 0. The van der Waals surface area contributed by atoms with Crippen molar-refractivity contribution in [2.75, 3.05) is 26.2 Å². The maximum atomic E-state index is 14.2. The molecule has 0 aliphatic carbocycles. The number of benzene rings is 1. The number of nitrogens with two attached hydrogens (primary N) is 1. The summed E-state index contributed by atoms with van der Waals surface area (Å²) in [4.78, 5) is 2.56. The first-order chi connectivity index (χ1) is 11.1. The quantitative estimate of drug-likeness (QED) is 0.830. The van der Waals surface area contributed by atoms with Crippen LogP contribution in [0.15, 0.2) is 18.2 Å². The van der Waals surface area contributed by atoms with Crippen molar-refractivity contribution >= 4 is 0 Å². The maximum absolute atomic E-state index is 14.2. The fraction of sp³-hybridized carbons (Fsp3) is 0.684. The highest BCUT2D eigenvalue weighted by molar-refractivity contribution is 5.32. The van der Waals surface area contributed by atoms with Crippen LogP contribution in [0.1, 0.15) is 51.5 Å². The third-order valence-electron chi connectivity index (χ3n) is 4.67. The monoisotopic (exact) mass is 322 g/mol. The third-order valence-corrected chi connectivity index (χ3v) is 4.67. The van der Waals surface area contributed by atoms with Gasteiger partial charge in [0.05, 0.1) is 6.61 Å². The number of likely N-dealkylation sites (tertiary alicyclic amines) is 1. The van der Waals surface area contributed by atoms with Gasteiger partial charge in [-0.25, -0.2) is 4.39 Å². The summed E-state index contributed by atoms with van der Waals surface area (Å²) in [6, 6.07) is 5.75. The summed E-state index contributed by atoms with van der Waals surface area (Å²) in [6.07, 6.45) is 3.62. The highest BCUT2D eigenvalue weighted by Crippen LogP contribution is 2.32. The van der Waals surface area contributed by atoms with Crippen molar-refractivity contribution < 1.29 is 9.13 Å². The minimum absolute atomic E-state index is 0.180. The van der Waals surface area contributed by atoms with Crippen molar-refractivity contribution in [2.24, 2.45) is 11.7 Å². The van der Waals surface area contributed by atoms with Crippen molar-refractivity contribution in [2.45, 2.75) is 52.0 Å². The summed E-state index contributed by atoms with van der Waals surface area (Å²) in [5.74, 6) is 0.856. The molecule has 2 rings (SSSR count). The Morgan fingerprint density at radius 2 is 2.13 bits per heavy atom.